The molecule has 1 fully saturated rings. The Morgan fingerprint density at radius 2 is 1.85 bits per heavy atom. The van der Waals surface area contributed by atoms with E-state index in [0.29, 0.717) is 34.8 Å². The molecule has 4 aromatic rings. The Labute approximate surface area is 237 Å². The van der Waals surface area contributed by atoms with Gasteiger partial charge in [-0.15, -0.1) is 11.3 Å². The number of hydrogen-bond donors (Lipinski definition) is 1. The normalized spacial score (nSPS) is 14.8. The number of pyridine rings is 1. The van der Waals surface area contributed by atoms with Crippen molar-refractivity contribution in [1.29, 1.82) is 0 Å². The van der Waals surface area contributed by atoms with E-state index < -0.39 is 15.8 Å². The summed E-state index contributed by atoms with van der Waals surface area (Å²) in [5.74, 6) is 0.685. The fraction of sp³-hybridized carbons (Fsp3) is 0.321. The quantitative estimate of drug-likeness (QED) is 0.244. The number of likely N-dealkylation sites (N-methyl/N-ethyl adjacent to an activating group) is 1. The SMILES string of the molecule is COc1cc2c(Oc3ccc(NS(=O)(=O)c4cccs4)cc3F)ccnc2cc1OCCCN1CCN(C)CC1. The minimum Gasteiger partial charge on any atom is -0.493 e. The molecule has 1 aliphatic rings. The smallest absolute Gasteiger partial charge is 0.271 e. The maximum Gasteiger partial charge on any atom is 0.271 e. The van der Waals surface area contributed by atoms with Crippen molar-refractivity contribution in [3.05, 3.63) is 65.9 Å². The molecule has 212 valence electrons. The molecule has 1 N–H and O–H groups in total. The number of fused-ring (bicyclic) bond motifs is 1. The van der Waals surface area contributed by atoms with Crippen LogP contribution in [-0.4, -0.2) is 76.7 Å². The topological polar surface area (TPSA) is 93.2 Å². The van der Waals surface area contributed by atoms with Crippen molar-refractivity contribution < 1.29 is 27.0 Å². The zero-order valence-corrected chi connectivity index (χ0v) is 23.9. The van der Waals surface area contributed by atoms with Crippen LogP contribution in [0.5, 0.6) is 23.0 Å². The number of nitrogens with zero attached hydrogens (tertiary/aromatic N) is 3. The van der Waals surface area contributed by atoms with E-state index in [-0.39, 0.29) is 15.6 Å². The molecule has 0 radical (unpaired) electrons. The summed E-state index contributed by atoms with van der Waals surface area (Å²) in [6.07, 6.45) is 2.46. The zero-order valence-electron chi connectivity index (χ0n) is 22.3. The number of nitrogens with one attached hydrogen (secondary N) is 1. The van der Waals surface area contributed by atoms with Crippen LogP contribution in [0, 0.1) is 5.82 Å². The second-order valence-electron chi connectivity index (χ2n) is 9.46. The lowest BCUT2D eigenvalue weighted by atomic mass is 10.1. The van der Waals surface area contributed by atoms with Gasteiger partial charge in [-0.25, -0.2) is 12.8 Å². The number of halogens is 1. The van der Waals surface area contributed by atoms with Gasteiger partial charge in [-0.05, 0) is 49.2 Å². The summed E-state index contributed by atoms with van der Waals surface area (Å²) in [7, 11) is -0.0899. The van der Waals surface area contributed by atoms with Crippen LogP contribution < -0.4 is 18.9 Å². The first-order valence-electron chi connectivity index (χ1n) is 12.9. The fourth-order valence-electron chi connectivity index (χ4n) is 4.42. The second kappa shape index (κ2) is 12.4. The molecule has 1 saturated heterocycles. The van der Waals surface area contributed by atoms with Gasteiger partial charge in [0.15, 0.2) is 23.1 Å². The summed E-state index contributed by atoms with van der Waals surface area (Å²) in [5, 5.41) is 2.27. The number of rotatable bonds is 11. The van der Waals surface area contributed by atoms with Gasteiger partial charge >= 0.3 is 0 Å². The van der Waals surface area contributed by atoms with E-state index >= 15 is 0 Å². The van der Waals surface area contributed by atoms with Crippen molar-refractivity contribution in [2.75, 3.05) is 58.2 Å². The molecule has 3 heterocycles. The van der Waals surface area contributed by atoms with Crippen LogP contribution in [0.15, 0.2) is 64.3 Å². The molecular formula is C28H31FN4O5S2. The first-order chi connectivity index (χ1) is 19.3. The lowest BCUT2D eigenvalue weighted by molar-refractivity contribution is 0.145. The molecule has 0 atom stereocenters. The number of sulfonamides is 1. The Bertz CT molecular complexity index is 1560. The molecule has 0 amide bonds. The number of methoxy groups -OCH3 is 1. The van der Waals surface area contributed by atoms with Crippen LogP contribution in [0.1, 0.15) is 6.42 Å². The number of aromatic nitrogens is 1. The minimum atomic E-state index is -3.79. The standard InChI is InChI=1S/C28H31FN4O5S2/c1-32-11-13-33(14-12-32)10-4-15-37-27-19-23-21(18-26(27)36-2)24(8-9-30-23)38-25-7-6-20(17-22(25)29)31-40(34,35)28-5-3-16-39-28/h3,5-9,16-19,31H,4,10-15H2,1-2H3. The summed E-state index contributed by atoms with van der Waals surface area (Å²) >= 11 is 1.08. The summed E-state index contributed by atoms with van der Waals surface area (Å²) < 4.78 is 59.9. The van der Waals surface area contributed by atoms with Crippen LogP contribution in [0.2, 0.25) is 0 Å². The third-order valence-electron chi connectivity index (χ3n) is 6.62. The first kappa shape index (κ1) is 28.1. The molecule has 2 aromatic heterocycles. The van der Waals surface area contributed by atoms with Gasteiger partial charge in [0.2, 0.25) is 0 Å². The largest absolute Gasteiger partial charge is 0.493 e. The maximum absolute atomic E-state index is 15.0. The van der Waals surface area contributed by atoms with Gasteiger partial charge < -0.3 is 24.0 Å². The average molecular weight is 587 g/mol. The number of piperazine rings is 1. The predicted molar refractivity (Wildman–Crippen MR) is 154 cm³/mol. The molecular weight excluding hydrogens is 555 g/mol. The summed E-state index contributed by atoms with van der Waals surface area (Å²) in [4.78, 5) is 9.20. The van der Waals surface area contributed by atoms with Crippen molar-refractivity contribution >= 4 is 38.0 Å². The molecule has 40 heavy (non-hydrogen) atoms. The summed E-state index contributed by atoms with van der Waals surface area (Å²) in [6.45, 7) is 5.81. The van der Waals surface area contributed by atoms with Crippen LogP contribution in [0.3, 0.4) is 0 Å². The summed E-state index contributed by atoms with van der Waals surface area (Å²) in [5.41, 5.74) is 0.696. The van der Waals surface area contributed by atoms with E-state index in [9.17, 15) is 12.8 Å². The van der Waals surface area contributed by atoms with Crippen LogP contribution in [-0.2, 0) is 10.0 Å². The minimum absolute atomic E-state index is 0.0604. The lowest BCUT2D eigenvalue weighted by Gasteiger charge is -2.32. The molecule has 5 rings (SSSR count). The predicted octanol–water partition coefficient (Wildman–Crippen LogP) is 5.05. The summed E-state index contributed by atoms with van der Waals surface area (Å²) in [6, 6.07) is 12.2. The van der Waals surface area contributed by atoms with Gasteiger partial charge in [-0.3, -0.25) is 9.71 Å². The highest BCUT2D eigenvalue weighted by atomic mass is 32.2. The van der Waals surface area contributed by atoms with E-state index in [1.165, 1.54) is 18.2 Å². The number of hydrogen-bond acceptors (Lipinski definition) is 9. The van der Waals surface area contributed by atoms with E-state index in [0.717, 1.165) is 56.5 Å². The number of thiophene rings is 1. The van der Waals surface area contributed by atoms with Crippen molar-refractivity contribution in [2.24, 2.45) is 0 Å². The molecule has 0 saturated carbocycles. The van der Waals surface area contributed by atoms with Gasteiger partial charge in [0.25, 0.3) is 10.0 Å². The number of anilines is 1. The molecule has 0 unspecified atom stereocenters. The molecule has 2 aromatic carbocycles. The Morgan fingerprint density at radius 1 is 1.02 bits per heavy atom. The van der Waals surface area contributed by atoms with Crippen LogP contribution in [0.25, 0.3) is 10.9 Å². The fourth-order valence-corrected chi connectivity index (χ4v) is 6.46. The Kier molecular flexibility index (Phi) is 8.69. The highest BCUT2D eigenvalue weighted by Crippen LogP contribution is 2.38. The van der Waals surface area contributed by atoms with E-state index in [4.69, 9.17) is 14.2 Å². The van der Waals surface area contributed by atoms with E-state index in [1.807, 2.05) is 0 Å². The Morgan fingerprint density at radius 3 is 2.58 bits per heavy atom. The zero-order chi connectivity index (χ0) is 28.1. The highest BCUT2D eigenvalue weighted by Gasteiger charge is 2.18. The van der Waals surface area contributed by atoms with Crippen molar-refractivity contribution in [3.63, 3.8) is 0 Å². The van der Waals surface area contributed by atoms with Gasteiger partial charge in [-0.2, -0.15) is 0 Å². The second-order valence-corrected chi connectivity index (χ2v) is 12.3. The lowest BCUT2D eigenvalue weighted by Crippen LogP contribution is -2.44. The molecule has 0 aliphatic carbocycles. The monoisotopic (exact) mass is 586 g/mol. The van der Waals surface area contributed by atoms with Crippen molar-refractivity contribution in [2.45, 2.75) is 10.6 Å². The van der Waals surface area contributed by atoms with E-state index in [2.05, 4.69) is 26.6 Å². The Balaban J connectivity index is 1.27. The van der Waals surface area contributed by atoms with Crippen LogP contribution in [0.4, 0.5) is 10.1 Å². The van der Waals surface area contributed by atoms with Crippen LogP contribution >= 0.6 is 11.3 Å². The molecule has 0 spiro atoms. The van der Waals surface area contributed by atoms with Crippen molar-refractivity contribution in [1.82, 2.24) is 14.8 Å². The number of ether oxygens (including phenoxy) is 3. The first-order valence-corrected chi connectivity index (χ1v) is 15.2. The van der Waals surface area contributed by atoms with Gasteiger partial charge in [-0.1, -0.05) is 6.07 Å². The van der Waals surface area contributed by atoms with Crippen molar-refractivity contribution in [3.8, 4) is 23.0 Å². The number of benzene rings is 2. The molecule has 0 bridgehead atoms. The van der Waals surface area contributed by atoms with Gasteiger partial charge in [0, 0.05) is 56.4 Å². The maximum atomic E-state index is 15.0. The highest BCUT2D eigenvalue weighted by molar-refractivity contribution is 7.94. The van der Waals surface area contributed by atoms with Gasteiger partial charge in [0.05, 0.1) is 24.9 Å². The Hall–Kier alpha value is -3.45. The third-order valence-corrected chi connectivity index (χ3v) is 9.40. The molecule has 1 aliphatic heterocycles. The third kappa shape index (κ3) is 6.64. The molecule has 9 nitrogen and oxygen atoms in total. The molecule has 12 heteroatoms. The van der Waals surface area contributed by atoms with E-state index in [1.54, 1.807) is 43.0 Å². The van der Waals surface area contributed by atoms with Gasteiger partial charge in [0.1, 0.15) is 9.96 Å². The average Bonchev–Trinajstić information content (AvgIpc) is 3.50.